The van der Waals surface area contributed by atoms with E-state index in [1.165, 1.54) is 17.9 Å². The van der Waals surface area contributed by atoms with E-state index in [0.717, 1.165) is 57.5 Å². The number of aryl methyl sites for hydroxylation is 1. The first-order valence-electron chi connectivity index (χ1n) is 23.6. The van der Waals surface area contributed by atoms with Crippen molar-refractivity contribution in [2.75, 3.05) is 40.4 Å². The number of nitrogens with one attached hydrogen (secondary N) is 2. The highest BCUT2D eigenvalue weighted by molar-refractivity contribution is 5.96. The van der Waals surface area contributed by atoms with Crippen molar-refractivity contribution in [3.8, 4) is 28.1 Å². The van der Waals surface area contributed by atoms with E-state index in [0.29, 0.717) is 50.5 Å². The van der Waals surface area contributed by atoms with E-state index in [2.05, 4.69) is 59.2 Å². The molecule has 4 aromatic rings. The van der Waals surface area contributed by atoms with Crippen LogP contribution in [-0.4, -0.2) is 118 Å². The van der Waals surface area contributed by atoms with Crippen LogP contribution in [-0.2, 0) is 48.0 Å². The predicted molar refractivity (Wildman–Crippen MR) is 249 cm³/mol. The first-order chi connectivity index (χ1) is 31.1. The van der Waals surface area contributed by atoms with E-state index in [9.17, 15) is 24.3 Å². The van der Waals surface area contributed by atoms with Crippen LogP contribution in [0.1, 0.15) is 96.6 Å². The van der Waals surface area contributed by atoms with Crippen LogP contribution in [0.3, 0.4) is 0 Å². The number of pyridine rings is 1. The second-order valence-corrected chi connectivity index (χ2v) is 19.9. The highest BCUT2D eigenvalue weighted by Gasteiger charge is 2.42. The third-order valence-electron chi connectivity index (χ3n) is 14.0. The van der Waals surface area contributed by atoms with Gasteiger partial charge in [0.05, 0.1) is 30.0 Å². The van der Waals surface area contributed by atoms with Gasteiger partial charge in [-0.25, -0.2) is 5.43 Å². The Kier molecular flexibility index (Phi) is 13.4. The van der Waals surface area contributed by atoms with Gasteiger partial charge in [0.15, 0.2) is 0 Å². The highest BCUT2D eigenvalue weighted by atomic mass is 16.5. The number of rotatable bonds is 10. The van der Waals surface area contributed by atoms with Gasteiger partial charge in [-0.15, -0.1) is 0 Å². The number of carbonyl (C=O) groups excluding carboxylic acids is 4. The molecule has 3 amide bonds. The normalized spacial score (nSPS) is 22.7. The summed E-state index contributed by atoms with van der Waals surface area (Å²) in [4.78, 5) is 65.9. The molecule has 0 spiro atoms. The second-order valence-electron chi connectivity index (χ2n) is 19.9. The average Bonchev–Trinajstić information content (AvgIpc) is 3.94. The summed E-state index contributed by atoms with van der Waals surface area (Å²) in [5.74, 6) is -1.80. The Morgan fingerprint density at radius 3 is 2.55 bits per heavy atom. The minimum absolute atomic E-state index is 0.0207. The van der Waals surface area contributed by atoms with E-state index in [1.54, 1.807) is 37.4 Å². The number of phenolic OH excluding ortho intramolecular Hbond substituents is 1. The summed E-state index contributed by atoms with van der Waals surface area (Å²) in [7, 11) is 3.38. The molecule has 3 aliphatic heterocycles. The number of cyclic esters (lactones) is 1. The maximum absolute atomic E-state index is 14.7. The zero-order chi connectivity index (χ0) is 46.3. The summed E-state index contributed by atoms with van der Waals surface area (Å²) in [5, 5.41) is 16.9. The number of likely N-dealkylation sites (N-methyl/N-ethyl adjacent to an activating group) is 1. The minimum Gasteiger partial charge on any atom is -0.508 e. The van der Waals surface area contributed by atoms with E-state index in [4.69, 9.17) is 14.5 Å². The zero-order valence-corrected chi connectivity index (χ0v) is 39.4. The number of methoxy groups -OCH3 is 1. The lowest BCUT2D eigenvalue weighted by Crippen LogP contribution is -2.62. The van der Waals surface area contributed by atoms with Crippen LogP contribution < -0.4 is 10.7 Å². The molecular weight excluding hydrogens is 823 g/mol. The molecule has 3 fully saturated rings. The number of amides is 3. The van der Waals surface area contributed by atoms with Gasteiger partial charge >= 0.3 is 5.97 Å². The summed E-state index contributed by atoms with van der Waals surface area (Å²) < 4.78 is 14.2. The van der Waals surface area contributed by atoms with Crippen molar-refractivity contribution in [3.05, 3.63) is 71.5 Å². The molecule has 1 saturated carbocycles. The molecule has 5 heterocycles. The number of hydrogen-bond donors (Lipinski definition) is 3. The van der Waals surface area contributed by atoms with Gasteiger partial charge in [-0.2, -0.15) is 0 Å². The second kappa shape index (κ2) is 18.9. The topological polar surface area (TPSA) is 159 Å². The van der Waals surface area contributed by atoms with Gasteiger partial charge in [0.25, 0.3) is 5.91 Å². The van der Waals surface area contributed by atoms with Crippen molar-refractivity contribution in [1.29, 1.82) is 0 Å². The number of carbonyl (C=O) groups is 4. The van der Waals surface area contributed by atoms with Crippen molar-refractivity contribution in [2.45, 2.75) is 123 Å². The number of aromatic nitrogens is 2. The van der Waals surface area contributed by atoms with Crippen LogP contribution in [0, 0.1) is 17.3 Å². The van der Waals surface area contributed by atoms with Crippen LogP contribution in [0.4, 0.5) is 0 Å². The zero-order valence-electron chi connectivity index (χ0n) is 39.4. The SMILES string of the molecule is CCn1c(-c2cccnc2[C@H](C)OC)c2c3cc(ccc31)-c1cc(O)cc(c1)C[C@H](NC(=O)[C@H](C(C)C)N(C)C(=O)[C@H]1CCN(C3CC3)C1)C(=O)N1CCC[C@H](N1)C(=O)OCC(C)(C)C2. The van der Waals surface area contributed by atoms with Crippen molar-refractivity contribution in [1.82, 2.24) is 35.1 Å². The number of hydrogen-bond acceptors (Lipinski definition) is 10. The fourth-order valence-corrected chi connectivity index (χ4v) is 10.4. The molecular formula is C51H67N7O7. The van der Waals surface area contributed by atoms with Crippen molar-refractivity contribution in [2.24, 2.45) is 17.3 Å². The van der Waals surface area contributed by atoms with Crippen molar-refractivity contribution >= 4 is 34.6 Å². The molecule has 3 N–H and O–H groups in total. The molecule has 6 bridgehead atoms. The Balaban J connectivity index is 1.20. The third kappa shape index (κ3) is 9.67. The molecule has 1 aliphatic carbocycles. The predicted octanol–water partition coefficient (Wildman–Crippen LogP) is 6.42. The lowest BCUT2D eigenvalue weighted by atomic mass is 9.84. The number of fused-ring (bicyclic) bond motifs is 6. The molecule has 14 nitrogen and oxygen atoms in total. The maximum atomic E-state index is 14.7. The molecule has 8 rings (SSSR count). The van der Waals surface area contributed by atoms with Crippen LogP contribution in [0.5, 0.6) is 5.75 Å². The molecule has 2 saturated heterocycles. The number of hydrazine groups is 1. The number of nitrogens with zero attached hydrogens (tertiary/aromatic N) is 5. The Hall–Kier alpha value is -5.31. The Morgan fingerprint density at radius 2 is 1.83 bits per heavy atom. The molecule has 348 valence electrons. The lowest BCUT2D eigenvalue weighted by molar-refractivity contribution is -0.155. The van der Waals surface area contributed by atoms with Crippen LogP contribution in [0.25, 0.3) is 33.3 Å². The standard InChI is InChI=1S/C51H67N7O7/c1-9-57-43-17-14-33-26-39(43)40(46(57)38-12-10-19-52-44(38)31(4)64-8)27-51(5,6)29-65-50(63)41-13-11-20-58(54-41)49(62)42(24-32-22-35(33)25-37(59)23-32)53-47(60)45(30(2)3)55(7)48(61)34-18-21-56(28-34)36-15-16-36/h10,12,14,17,19,22-23,25-26,30-31,34,36,41-42,45,54,59H,9,11,13,15-16,18,20-21,24,27-29H2,1-8H3,(H,53,60)/t31-,34-,41-,42-,45-/m0/s1. The number of aromatic hydroxyl groups is 1. The van der Waals surface area contributed by atoms with E-state index in [1.807, 2.05) is 39.0 Å². The molecule has 65 heavy (non-hydrogen) atoms. The van der Waals surface area contributed by atoms with E-state index < -0.39 is 41.3 Å². The summed E-state index contributed by atoms with van der Waals surface area (Å²) in [5.41, 5.74) is 9.78. The van der Waals surface area contributed by atoms with Gasteiger partial charge in [0.2, 0.25) is 11.8 Å². The number of ether oxygens (including phenoxy) is 2. The van der Waals surface area contributed by atoms with Gasteiger partial charge in [0.1, 0.15) is 23.9 Å². The highest BCUT2D eigenvalue weighted by Crippen LogP contribution is 2.42. The largest absolute Gasteiger partial charge is 0.508 e. The molecule has 2 aromatic carbocycles. The molecule has 0 unspecified atom stereocenters. The fourth-order valence-electron chi connectivity index (χ4n) is 10.4. The lowest BCUT2D eigenvalue weighted by Gasteiger charge is -2.37. The van der Waals surface area contributed by atoms with Gasteiger partial charge in [-0.05, 0) is 123 Å². The molecule has 5 atom stereocenters. The van der Waals surface area contributed by atoms with Gasteiger partial charge in [0, 0.05) is 74.3 Å². The summed E-state index contributed by atoms with van der Waals surface area (Å²) in [6.07, 6.45) is 6.22. The van der Waals surface area contributed by atoms with Crippen molar-refractivity contribution < 1.29 is 33.8 Å². The van der Waals surface area contributed by atoms with Gasteiger partial charge < -0.3 is 29.4 Å². The summed E-state index contributed by atoms with van der Waals surface area (Å²) >= 11 is 0. The number of benzene rings is 2. The van der Waals surface area contributed by atoms with Gasteiger partial charge in [-0.1, -0.05) is 39.8 Å². The number of phenols is 1. The quantitative estimate of drug-likeness (QED) is 0.152. The smallest absolute Gasteiger partial charge is 0.324 e. The fraction of sp³-hybridized carbons (Fsp3) is 0.549. The number of esters is 1. The monoisotopic (exact) mass is 890 g/mol. The van der Waals surface area contributed by atoms with E-state index in [-0.39, 0.29) is 42.6 Å². The minimum atomic E-state index is -1.10. The molecule has 0 radical (unpaired) electrons. The third-order valence-corrected chi connectivity index (χ3v) is 14.0. The summed E-state index contributed by atoms with van der Waals surface area (Å²) in [6.45, 7) is 14.8. The van der Waals surface area contributed by atoms with Gasteiger partial charge in [-0.3, -0.25) is 34.1 Å². The maximum Gasteiger partial charge on any atom is 0.324 e. The Labute approximate surface area is 383 Å². The Morgan fingerprint density at radius 1 is 1.05 bits per heavy atom. The van der Waals surface area contributed by atoms with Crippen LogP contribution in [0.15, 0.2) is 54.7 Å². The first kappa shape index (κ1) is 46.2. The molecule has 4 aliphatic rings. The van der Waals surface area contributed by atoms with Crippen LogP contribution in [0.2, 0.25) is 0 Å². The molecule has 14 heteroatoms. The van der Waals surface area contributed by atoms with E-state index >= 15 is 0 Å². The van der Waals surface area contributed by atoms with Crippen molar-refractivity contribution in [3.63, 3.8) is 0 Å². The first-order valence-corrected chi connectivity index (χ1v) is 23.6. The molecule has 2 aromatic heterocycles. The Bertz CT molecular complexity index is 2440. The average molecular weight is 890 g/mol. The summed E-state index contributed by atoms with van der Waals surface area (Å²) in [6, 6.07) is 13.5. The van der Waals surface area contributed by atoms with Crippen LogP contribution >= 0.6 is 0 Å². The number of likely N-dealkylation sites (tertiary alicyclic amines) is 1.